The molecule has 3 heterocycles. The third kappa shape index (κ3) is 3.14. The van der Waals surface area contributed by atoms with Gasteiger partial charge in [0.1, 0.15) is 6.54 Å². The average Bonchev–Trinajstić information content (AvgIpc) is 3.37. The molecule has 0 aliphatic carbocycles. The number of carbonyl (C=O) groups is 3. The lowest BCUT2D eigenvalue weighted by Gasteiger charge is -2.36. The van der Waals surface area contributed by atoms with Gasteiger partial charge in [-0.3, -0.25) is 9.59 Å². The number of piperidine rings is 1. The van der Waals surface area contributed by atoms with Crippen molar-refractivity contribution in [3.8, 4) is 11.5 Å². The molecule has 2 fully saturated rings. The number of urea groups is 1. The van der Waals surface area contributed by atoms with Gasteiger partial charge in [-0.25, -0.2) is 9.69 Å². The first-order chi connectivity index (χ1) is 14.6. The smallest absolute Gasteiger partial charge is 0.332 e. The Labute approximate surface area is 173 Å². The third-order valence-corrected chi connectivity index (χ3v) is 5.82. The zero-order valence-electron chi connectivity index (χ0n) is 16.3. The van der Waals surface area contributed by atoms with Gasteiger partial charge in [-0.1, -0.05) is 18.2 Å². The Morgan fingerprint density at radius 1 is 0.933 bits per heavy atom. The zero-order valence-corrected chi connectivity index (χ0v) is 16.3. The molecule has 0 radical (unpaired) electrons. The van der Waals surface area contributed by atoms with Gasteiger partial charge in [0.15, 0.2) is 11.5 Å². The van der Waals surface area contributed by atoms with Crippen LogP contribution in [0.1, 0.15) is 23.2 Å². The molecule has 2 saturated heterocycles. The summed E-state index contributed by atoms with van der Waals surface area (Å²) >= 11 is 0. The Morgan fingerprint density at radius 3 is 2.43 bits per heavy atom. The maximum absolute atomic E-state index is 12.9. The highest BCUT2D eigenvalue weighted by atomic mass is 16.7. The summed E-state index contributed by atoms with van der Waals surface area (Å²) in [5, 5.41) is 0. The first-order valence-corrected chi connectivity index (χ1v) is 9.99. The summed E-state index contributed by atoms with van der Waals surface area (Å²) in [5.74, 6) is 0.940. The number of hydrogen-bond donors (Lipinski definition) is 0. The van der Waals surface area contributed by atoms with E-state index in [1.54, 1.807) is 52.3 Å². The predicted molar refractivity (Wildman–Crippen MR) is 108 cm³/mol. The number of hydrogen-bond acceptors (Lipinski definition) is 5. The minimum atomic E-state index is -0.285. The molecule has 4 amide bonds. The number of nitrogens with zero attached hydrogens (tertiary/aromatic N) is 3. The van der Waals surface area contributed by atoms with Crippen molar-refractivity contribution < 1.29 is 23.9 Å². The van der Waals surface area contributed by atoms with Crippen LogP contribution < -0.4 is 14.4 Å². The number of benzene rings is 2. The Bertz CT molecular complexity index is 1000. The van der Waals surface area contributed by atoms with Crippen molar-refractivity contribution >= 4 is 23.5 Å². The third-order valence-electron chi connectivity index (χ3n) is 5.82. The molecule has 30 heavy (non-hydrogen) atoms. The van der Waals surface area contributed by atoms with E-state index in [0.29, 0.717) is 48.7 Å². The second-order valence-electron chi connectivity index (χ2n) is 7.57. The standard InChI is InChI=1S/C22H21N3O5/c26-20-13-24(22(28)25(20)17-4-2-1-3-5-17)16-8-10-23(11-9-16)21(27)15-6-7-18-19(12-15)30-14-29-18/h1-7,12,16H,8-11,13-14H2. The average molecular weight is 407 g/mol. The molecule has 2 aromatic rings. The van der Waals surface area contributed by atoms with E-state index in [-0.39, 0.29) is 37.2 Å². The van der Waals surface area contributed by atoms with Crippen LogP contribution >= 0.6 is 0 Å². The van der Waals surface area contributed by atoms with E-state index in [9.17, 15) is 14.4 Å². The minimum absolute atomic E-state index is 0.0593. The van der Waals surface area contributed by atoms with Crippen molar-refractivity contribution in [1.82, 2.24) is 9.80 Å². The van der Waals surface area contributed by atoms with Gasteiger partial charge in [0.05, 0.1) is 5.69 Å². The molecule has 0 bridgehead atoms. The van der Waals surface area contributed by atoms with Crippen LogP contribution in [-0.4, -0.2) is 60.1 Å². The summed E-state index contributed by atoms with van der Waals surface area (Å²) in [5.41, 5.74) is 1.14. The monoisotopic (exact) mass is 407 g/mol. The van der Waals surface area contributed by atoms with E-state index in [4.69, 9.17) is 9.47 Å². The Morgan fingerprint density at radius 2 is 1.67 bits per heavy atom. The largest absolute Gasteiger partial charge is 0.454 e. The van der Waals surface area contributed by atoms with Crippen LogP contribution in [0.15, 0.2) is 48.5 Å². The molecule has 2 aromatic carbocycles. The Balaban J connectivity index is 1.23. The summed E-state index contributed by atoms with van der Waals surface area (Å²) in [6.45, 7) is 1.30. The van der Waals surface area contributed by atoms with Gasteiger partial charge in [0.25, 0.3) is 11.8 Å². The van der Waals surface area contributed by atoms with Crippen molar-refractivity contribution in [3.63, 3.8) is 0 Å². The molecule has 3 aliphatic heterocycles. The summed E-state index contributed by atoms with van der Waals surface area (Å²) in [4.78, 5) is 42.9. The normalized spacial score (nSPS) is 19.0. The topological polar surface area (TPSA) is 79.4 Å². The second kappa shape index (κ2) is 7.37. The van der Waals surface area contributed by atoms with Crippen LogP contribution in [0.2, 0.25) is 0 Å². The lowest BCUT2D eigenvalue weighted by Crippen LogP contribution is -2.48. The van der Waals surface area contributed by atoms with Gasteiger partial charge < -0.3 is 19.3 Å². The van der Waals surface area contributed by atoms with Crippen LogP contribution in [0.4, 0.5) is 10.5 Å². The molecule has 0 saturated carbocycles. The van der Waals surface area contributed by atoms with Crippen molar-refractivity contribution in [3.05, 3.63) is 54.1 Å². The van der Waals surface area contributed by atoms with Gasteiger partial charge in [-0.05, 0) is 43.2 Å². The van der Waals surface area contributed by atoms with Crippen LogP contribution in [0, 0.1) is 0 Å². The lowest BCUT2D eigenvalue weighted by atomic mass is 10.0. The maximum atomic E-state index is 12.9. The van der Waals surface area contributed by atoms with Crippen LogP contribution in [0.5, 0.6) is 11.5 Å². The molecule has 8 heteroatoms. The second-order valence-corrected chi connectivity index (χ2v) is 7.57. The zero-order chi connectivity index (χ0) is 20.7. The number of rotatable bonds is 3. The fraction of sp³-hybridized carbons (Fsp3) is 0.318. The molecule has 0 atom stereocenters. The van der Waals surface area contributed by atoms with Crippen LogP contribution in [0.3, 0.4) is 0 Å². The molecular weight excluding hydrogens is 386 g/mol. The molecule has 154 valence electrons. The van der Waals surface area contributed by atoms with E-state index >= 15 is 0 Å². The number of carbonyl (C=O) groups excluding carboxylic acids is 3. The molecule has 0 spiro atoms. The molecule has 5 rings (SSSR count). The predicted octanol–water partition coefficient (Wildman–Crippen LogP) is 2.49. The van der Waals surface area contributed by atoms with Crippen molar-refractivity contribution in [1.29, 1.82) is 0 Å². The van der Waals surface area contributed by atoms with Crippen LogP contribution in [0.25, 0.3) is 0 Å². The fourth-order valence-corrected chi connectivity index (χ4v) is 4.23. The van der Waals surface area contributed by atoms with E-state index in [2.05, 4.69) is 0 Å². The molecule has 8 nitrogen and oxygen atoms in total. The number of ether oxygens (including phenoxy) is 2. The number of anilines is 1. The van der Waals surface area contributed by atoms with Crippen molar-refractivity contribution in [2.75, 3.05) is 31.3 Å². The van der Waals surface area contributed by atoms with Crippen LogP contribution in [-0.2, 0) is 4.79 Å². The number of amides is 4. The summed E-state index contributed by atoms with van der Waals surface area (Å²) in [7, 11) is 0. The molecular formula is C22H21N3O5. The Kier molecular flexibility index (Phi) is 4.54. The summed E-state index contributed by atoms with van der Waals surface area (Å²) in [6.07, 6.45) is 1.27. The first kappa shape index (κ1) is 18.5. The SMILES string of the molecule is O=C(c1ccc2c(c1)OCO2)N1CCC(N2CC(=O)N(c3ccccc3)C2=O)CC1. The molecule has 0 unspecified atom stereocenters. The van der Waals surface area contributed by atoms with Gasteiger partial charge in [-0.15, -0.1) is 0 Å². The van der Waals surface area contributed by atoms with E-state index < -0.39 is 0 Å². The number of fused-ring (bicyclic) bond motifs is 1. The number of imide groups is 1. The van der Waals surface area contributed by atoms with Gasteiger partial charge in [0, 0.05) is 24.7 Å². The fourth-order valence-electron chi connectivity index (χ4n) is 4.23. The van der Waals surface area contributed by atoms with Crippen molar-refractivity contribution in [2.24, 2.45) is 0 Å². The first-order valence-electron chi connectivity index (χ1n) is 9.99. The summed E-state index contributed by atoms with van der Waals surface area (Å²) in [6, 6.07) is 13.8. The Hall–Kier alpha value is -3.55. The molecule has 3 aliphatic rings. The molecule has 0 aromatic heterocycles. The number of para-hydroxylation sites is 1. The highest BCUT2D eigenvalue weighted by Gasteiger charge is 2.41. The quantitative estimate of drug-likeness (QED) is 0.731. The van der Waals surface area contributed by atoms with E-state index in [1.807, 2.05) is 6.07 Å². The highest BCUT2D eigenvalue weighted by molar-refractivity contribution is 6.19. The van der Waals surface area contributed by atoms with Crippen molar-refractivity contribution in [2.45, 2.75) is 18.9 Å². The van der Waals surface area contributed by atoms with Gasteiger partial charge in [0.2, 0.25) is 6.79 Å². The lowest BCUT2D eigenvalue weighted by molar-refractivity contribution is -0.116. The molecule has 0 N–H and O–H groups in total. The van der Waals surface area contributed by atoms with E-state index in [0.717, 1.165) is 0 Å². The summed E-state index contributed by atoms with van der Waals surface area (Å²) < 4.78 is 10.6. The van der Waals surface area contributed by atoms with Gasteiger partial charge >= 0.3 is 6.03 Å². The maximum Gasteiger partial charge on any atom is 0.332 e. The van der Waals surface area contributed by atoms with E-state index in [1.165, 1.54) is 4.90 Å². The highest BCUT2D eigenvalue weighted by Crippen LogP contribution is 2.33. The minimum Gasteiger partial charge on any atom is -0.454 e. The number of likely N-dealkylation sites (tertiary alicyclic amines) is 1. The van der Waals surface area contributed by atoms with Gasteiger partial charge in [-0.2, -0.15) is 0 Å².